The van der Waals surface area contributed by atoms with Crippen molar-refractivity contribution in [2.75, 3.05) is 16.4 Å². The number of nitrogens with two attached hydrogens (primary N) is 1. The van der Waals surface area contributed by atoms with Gasteiger partial charge in [-0.05, 0) is 42.5 Å². The molecule has 7 heteroatoms. The molecule has 6 nitrogen and oxygen atoms in total. The van der Waals surface area contributed by atoms with Crippen LogP contribution in [0.1, 0.15) is 20.7 Å². The minimum Gasteiger partial charge on any atom is -0.383 e. The molecule has 0 aliphatic heterocycles. The van der Waals surface area contributed by atoms with Gasteiger partial charge in [0.15, 0.2) is 0 Å². The van der Waals surface area contributed by atoms with Gasteiger partial charge in [-0.25, -0.2) is 4.98 Å². The number of benzene rings is 2. The van der Waals surface area contributed by atoms with E-state index in [2.05, 4.69) is 15.6 Å². The van der Waals surface area contributed by atoms with Crippen LogP contribution >= 0.6 is 11.3 Å². The van der Waals surface area contributed by atoms with Crippen molar-refractivity contribution in [2.24, 2.45) is 0 Å². The van der Waals surface area contributed by atoms with Crippen molar-refractivity contribution in [2.45, 2.75) is 0 Å². The number of thiophene rings is 1. The van der Waals surface area contributed by atoms with Gasteiger partial charge in [0.05, 0.1) is 5.56 Å². The first-order valence-corrected chi connectivity index (χ1v) is 9.39. The second-order valence-corrected chi connectivity index (χ2v) is 6.98. The Hall–Kier alpha value is -3.71. The fourth-order valence-electron chi connectivity index (χ4n) is 2.80. The smallest absolute Gasteiger partial charge is 0.257 e. The molecule has 0 fully saturated rings. The van der Waals surface area contributed by atoms with Gasteiger partial charge in [0.1, 0.15) is 5.82 Å². The number of carbonyl (C=O) groups excluding carboxylic acids is 2. The summed E-state index contributed by atoms with van der Waals surface area (Å²) in [6.07, 6.45) is 1.62. The second kappa shape index (κ2) is 7.50. The molecule has 0 saturated carbocycles. The van der Waals surface area contributed by atoms with Crippen LogP contribution in [0, 0.1) is 0 Å². The predicted octanol–water partition coefficient (Wildman–Crippen LogP) is 4.38. The summed E-state index contributed by atoms with van der Waals surface area (Å²) in [5.74, 6) is -0.111. The molecule has 4 rings (SSSR count). The molecule has 0 aliphatic carbocycles. The molecule has 0 bridgehead atoms. The lowest BCUT2D eigenvalue weighted by molar-refractivity contribution is 0.101. The standard InChI is InChI=1S/C21H16N4O2S/c22-19-18-16(12-28-17(18)10-11-23-19)21(27)25-15-8-6-14(7-9-15)24-20(26)13-4-2-1-3-5-13/h1-12H,(H2,22,23)(H,24,26)(H,25,27). The number of hydrogen-bond donors (Lipinski definition) is 3. The Morgan fingerprint density at radius 1 is 0.857 bits per heavy atom. The van der Waals surface area contributed by atoms with Crippen molar-refractivity contribution in [1.29, 1.82) is 0 Å². The Balaban J connectivity index is 1.47. The van der Waals surface area contributed by atoms with E-state index in [0.29, 0.717) is 33.7 Å². The molecule has 0 atom stereocenters. The van der Waals surface area contributed by atoms with Gasteiger partial charge in [-0.15, -0.1) is 11.3 Å². The van der Waals surface area contributed by atoms with Gasteiger partial charge in [0, 0.05) is 38.6 Å². The summed E-state index contributed by atoms with van der Waals surface area (Å²) >= 11 is 1.45. The SMILES string of the molecule is Nc1nccc2scc(C(=O)Nc3ccc(NC(=O)c4ccccc4)cc3)c12. The summed E-state index contributed by atoms with van der Waals surface area (Å²) in [4.78, 5) is 28.9. The van der Waals surface area contributed by atoms with Crippen LogP contribution in [-0.2, 0) is 0 Å². The predicted molar refractivity (Wildman–Crippen MR) is 113 cm³/mol. The highest BCUT2D eigenvalue weighted by Crippen LogP contribution is 2.30. The highest BCUT2D eigenvalue weighted by molar-refractivity contribution is 7.17. The van der Waals surface area contributed by atoms with Gasteiger partial charge in [-0.2, -0.15) is 0 Å². The summed E-state index contributed by atoms with van der Waals surface area (Å²) in [6.45, 7) is 0. The van der Waals surface area contributed by atoms with Crippen LogP contribution in [0.3, 0.4) is 0 Å². The highest BCUT2D eigenvalue weighted by atomic mass is 32.1. The largest absolute Gasteiger partial charge is 0.383 e. The molecule has 2 aromatic carbocycles. The van der Waals surface area contributed by atoms with Crippen LogP contribution in [0.15, 0.2) is 72.2 Å². The van der Waals surface area contributed by atoms with Gasteiger partial charge < -0.3 is 16.4 Å². The number of nitrogen functional groups attached to an aromatic ring is 1. The third kappa shape index (κ3) is 3.56. The Labute approximate surface area is 165 Å². The molecule has 28 heavy (non-hydrogen) atoms. The molecule has 2 amide bonds. The van der Waals surface area contributed by atoms with E-state index in [1.54, 1.807) is 48.0 Å². The number of fused-ring (bicyclic) bond motifs is 1. The van der Waals surface area contributed by atoms with Crippen LogP contribution in [0.25, 0.3) is 10.1 Å². The van der Waals surface area contributed by atoms with Crippen LogP contribution in [0.4, 0.5) is 17.2 Å². The van der Waals surface area contributed by atoms with Crippen LogP contribution in [-0.4, -0.2) is 16.8 Å². The minimum atomic E-state index is -0.257. The molecule has 0 aliphatic rings. The lowest BCUT2D eigenvalue weighted by atomic mass is 10.2. The minimum absolute atomic E-state index is 0.190. The fraction of sp³-hybridized carbons (Fsp3) is 0. The summed E-state index contributed by atoms with van der Waals surface area (Å²) < 4.78 is 0.914. The lowest BCUT2D eigenvalue weighted by Gasteiger charge is -2.08. The van der Waals surface area contributed by atoms with Crippen molar-refractivity contribution < 1.29 is 9.59 Å². The molecular formula is C21H16N4O2S. The molecular weight excluding hydrogens is 372 g/mol. The first-order chi connectivity index (χ1) is 13.6. The average molecular weight is 388 g/mol. The number of pyridine rings is 1. The van der Waals surface area contributed by atoms with Gasteiger partial charge >= 0.3 is 0 Å². The Bertz CT molecular complexity index is 1150. The average Bonchev–Trinajstić information content (AvgIpc) is 3.16. The van der Waals surface area contributed by atoms with E-state index in [0.717, 1.165) is 4.70 Å². The van der Waals surface area contributed by atoms with E-state index in [-0.39, 0.29) is 11.8 Å². The number of hydrogen-bond acceptors (Lipinski definition) is 5. The normalized spacial score (nSPS) is 10.6. The van der Waals surface area contributed by atoms with Crippen molar-refractivity contribution in [3.05, 3.63) is 83.4 Å². The third-order valence-electron chi connectivity index (χ3n) is 4.20. The molecule has 0 radical (unpaired) electrons. The summed E-state index contributed by atoms with van der Waals surface area (Å²) in [5, 5.41) is 8.10. The van der Waals surface area contributed by atoms with Crippen molar-refractivity contribution in [1.82, 2.24) is 4.98 Å². The molecule has 0 saturated heterocycles. The zero-order valence-electron chi connectivity index (χ0n) is 14.7. The Morgan fingerprint density at radius 2 is 1.50 bits per heavy atom. The van der Waals surface area contributed by atoms with Crippen LogP contribution in [0.2, 0.25) is 0 Å². The first-order valence-electron chi connectivity index (χ1n) is 8.51. The van der Waals surface area contributed by atoms with E-state index in [4.69, 9.17) is 5.73 Å². The number of rotatable bonds is 4. The molecule has 4 aromatic rings. The maximum atomic E-state index is 12.6. The number of aromatic nitrogens is 1. The van der Waals surface area contributed by atoms with E-state index in [1.807, 2.05) is 24.3 Å². The number of nitrogens with zero attached hydrogens (tertiary/aromatic N) is 1. The quantitative estimate of drug-likeness (QED) is 0.483. The maximum Gasteiger partial charge on any atom is 0.257 e. The topological polar surface area (TPSA) is 97.1 Å². The van der Waals surface area contributed by atoms with Gasteiger partial charge in [-0.3, -0.25) is 9.59 Å². The van der Waals surface area contributed by atoms with E-state index < -0.39 is 0 Å². The number of amides is 2. The fourth-order valence-corrected chi connectivity index (χ4v) is 3.75. The molecule has 138 valence electrons. The third-order valence-corrected chi connectivity index (χ3v) is 5.14. The second-order valence-electron chi connectivity index (χ2n) is 6.07. The number of anilines is 3. The lowest BCUT2D eigenvalue weighted by Crippen LogP contribution is -2.13. The Morgan fingerprint density at radius 3 is 2.18 bits per heavy atom. The van der Waals surface area contributed by atoms with Crippen molar-refractivity contribution >= 4 is 50.4 Å². The first kappa shape index (κ1) is 17.7. The van der Waals surface area contributed by atoms with E-state index in [1.165, 1.54) is 11.3 Å². The van der Waals surface area contributed by atoms with Gasteiger partial charge in [0.25, 0.3) is 11.8 Å². The van der Waals surface area contributed by atoms with Crippen molar-refractivity contribution in [3.8, 4) is 0 Å². The van der Waals surface area contributed by atoms with E-state index >= 15 is 0 Å². The Kier molecular flexibility index (Phi) is 4.74. The van der Waals surface area contributed by atoms with Crippen LogP contribution in [0.5, 0.6) is 0 Å². The highest BCUT2D eigenvalue weighted by Gasteiger charge is 2.15. The molecule has 4 N–H and O–H groups in total. The zero-order chi connectivity index (χ0) is 19.5. The summed E-state index contributed by atoms with van der Waals surface area (Å²) in [6, 6.07) is 17.7. The van der Waals surface area contributed by atoms with Crippen molar-refractivity contribution in [3.63, 3.8) is 0 Å². The van der Waals surface area contributed by atoms with Gasteiger partial charge in [-0.1, -0.05) is 18.2 Å². The number of carbonyl (C=O) groups is 2. The van der Waals surface area contributed by atoms with Gasteiger partial charge in [0.2, 0.25) is 0 Å². The molecule has 0 spiro atoms. The monoisotopic (exact) mass is 388 g/mol. The molecule has 2 heterocycles. The summed E-state index contributed by atoms with van der Waals surface area (Å²) in [5.41, 5.74) is 8.25. The molecule has 0 unspecified atom stereocenters. The van der Waals surface area contributed by atoms with Crippen LogP contribution < -0.4 is 16.4 Å². The molecule has 2 aromatic heterocycles. The number of nitrogens with one attached hydrogen (secondary N) is 2. The van der Waals surface area contributed by atoms with E-state index in [9.17, 15) is 9.59 Å². The summed E-state index contributed by atoms with van der Waals surface area (Å²) in [7, 11) is 0. The zero-order valence-corrected chi connectivity index (χ0v) is 15.5. The maximum absolute atomic E-state index is 12.6.